The first kappa shape index (κ1) is 23.9. The van der Waals surface area contributed by atoms with E-state index in [0.717, 1.165) is 0 Å². The first-order valence-electron chi connectivity index (χ1n) is 11.7. The molecule has 3 aromatic rings. The summed E-state index contributed by atoms with van der Waals surface area (Å²) in [6, 6.07) is 8.81. The Kier molecular flexibility index (Phi) is 6.90. The minimum atomic E-state index is -0.298. The minimum Gasteiger partial charge on any atom is -0.486 e. The Morgan fingerprint density at radius 3 is 2.81 bits per heavy atom. The number of carbonyl (C=O) groups excluding carboxylic acids is 2. The molecule has 5 rings (SSSR count). The highest BCUT2D eigenvalue weighted by atomic mass is 35.5. The number of para-hydroxylation sites is 2. The van der Waals surface area contributed by atoms with Gasteiger partial charge in [0.1, 0.15) is 30.0 Å². The van der Waals surface area contributed by atoms with Crippen molar-refractivity contribution < 1.29 is 19.1 Å². The predicted octanol–water partition coefficient (Wildman–Crippen LogP) is 1.70. The van der Waals surface area contributed by atoms with E-state index in [9.17, 15) is 9.59 Å². The second-order valence-corrected chi connectivity index (χ2v) is 9.02. The molecule has 1 N–H and O–H groups in total. The molecule has 2 amide bonds. The summed E-state index contributed by atoms with van der Waals surface area (Å²) in [5.41, 5.74) is 0. The van der Waals surface area contributed by atoms with Gasteiger partial charge < -0.3 is 24.6 Å². The van der Waals surface area contributed by atoms with Crippen molar-refractivity contribution in [2.75, 3.05) is 37.7 Å². The third kappa shape index (κ3) is 5.35. The number of benzene rings is 1. The minimum absolute atomic E-state index is 0.0358. The maximum absolute atomic E-state index is 13.0. The number of fused-ring (bicyclic) bond motifs is 1. The van der Waals surface area contributed by atoms with Crippen LogP contribution < -0.4 is 19.7 Å². The molecular weight excluding hydrogens is 486 g/mol. The van der Waals surface area contributed by atoms with E-state index in [-0.39, 0.29) is 35.5 Å². The molecule has 0 saturated carbocycles. The highest BCUT2D eigenvalue weighted by Crippen LogP contribution is 2.30. The third-order valence-corrected chi connectivity index (χ3v) is 6.34. The molecule has 0 aliphatic carbocycles. The van der Waals surface area contributed by atoms with Gasteiger partial charge in [0.15, 0.2) is 11.5 Å². The van der Waals surface area contributed by atoms with Crippen LogP contribution in [-0.2, 0) is 9.59 Å². The Balaban J connectivity index is 1.28. The quantitative estimate of drug-likeness (QED) is 0.497. The smallest absolute Gasteiger partial charge is 0.238 e. The molecule has 0 radical (unpaired) electrons. The highest BCUT2D eigenvalue weighted by molar-refractivity contribution is 6.29. The average molecular weight is 512 g/mol. The number of anilines is 1. The van der Waals surface area contributed by atoms with Gasteiger partial charge in [-0.15, -0.1) is 0 Å². The number of nitrogens with zero attached hydrogens (tertiary/aromatic N) is 6. The summed E-state index contributed by atoms with van der Waals surface area (Å²) in [7, 11) is 0. The Morgan fingerprint density at radius 2 is 2.03 bits per heavy atom. The van der Waals surface area contributed by atoms with Crippen LogP contribution in [0.4, 0.5) is 5.82 Å². The van der Waals surface area contributed by atoms with E-state index in [2.05, 4.69) is 20.3 Å². The monoisotopic (exact) mass is 511 g/mol. The molecule has 1 fully saturated rings. The number of ether oxygens (including phenoxy) is 2. The summed E-state index contributed by atoms with van der Waals surface area (Å²) in [6.07, 6.45) is 4.81. The maximum Gasteiger partial charge on any atom is 0.238 e. The average Bonchev–Trinajstić information content (AvgIpc) is 3.42. The van der Waals surface area contributed by atoms with E-state index in [4.69, 9.17) is 21.1 Å². The number of nitrogens with one attached hydrogen (secondary N) is 1. The largest absolute Gasteiger partial charge is 0.486 e. The lowest BCUT2D eigenvalue weighted by Gasteiger charge is -2.41. The van der Waals surface area contributed by atoms with Crippen LogP contribution in [-0.4, -0.2) is 81.2 Å². The van der Waals surface area contributed by atoms with Gasteiger partial charge in [-0.25, -0.2) is 9.97 Å². The molecule has 2 atom stereocenters. The lowest BCUT2D eigenvalue weighted by molar-refractivity contribution is -0.130. The summed E-state index contributed by atoms with van der Waals surface area (Å²) in [4.78, 5) is 41.8. The second-order valence-electron chi connectivity index (χ2n) is 8.64. The van der Waals surface area contributed by atoms with E-state index in [1.165, 1.54) is 6.92 Å². The fourth-order valence-electron chi connectivity index (χ4n) is 4.33. The standard InChI is InChI=1S/C24H26ClN7O4/c1-16(33)30-8-9-32(22-11-21(25)28-24(29-22)31-7-6-26-15-31)17(13-30)10-23(34)27-12-18-14-35-19-4-2-3-5-20(19)36-18/h2-7,11,15,17-18H,8-10,12-14H2,1H3,(H,27,34). The van der Waals surface area contributed by atoms with Crippen LogP contribution in [0, 0.1) is 0 Å². The van der Waals surface area contributed by atoms with Crippen LogP contribution in [0.15, 0.2) is 49.1 Å². The maximum atomic E-state index is 13.0. The van der Waals surface area contributed by atoms with Crippen molar-refractivity contribution in [2.45, 2.75) is 25.5 Å². The zero-order valence-electron chi connectivity index (χ0n) is 19.7. The van der Waals surface area contributed by atoms with Gasteiger partial charge in [-0.3, -0.25) is 14.2 Å². The van der Waals surface area contributed by atoms with Crippen LogP contribution in [0.25, 0.3) is 5.95 Å². The van der Waals surface area contributed by atoms with Gasteiger partial charge in [0.25, 0.3) is 0 Å². The van der Waals surface area contributed by atoms with Crippen LogP contribution in [0.2, 0.25) is 5.15 Å². The van der Waals surface area contributed by atoms with Crippen molar-refractivity contribution in [1.29, 1.82) is 0 Å². The molecule has 12 heteroatoms. The molecule has 1 saturated heterocycles. The molecule has 2 unspecified atom stereocenters. The Labute approximate surface area is 213 Å². The van der Waals surface area contributed by atoms with E-state index >= 15 is 0 Å². The zero-order valence-corrected chi connectivity index (χ0v) is 20.5. The van der Waals surface area contributed by atoms with Gasteiger partial charge in [0.05, 0.1) is 12.6 Å². The molecule has 2 aromatic heterocycles. The van der Waals surface area contributed by atoms with Crippen molar-refractivity contribution in [3.63, 3.8) is 0 Å². The van der Waals surface area contributed by atoms with E-state index in [1.54, 1.807) is 34.3 Å². The van der Waals surface area contributed by atoms with Gasteiger partial charge >= 0.3 is 0 Å². The van der Waals surface area contributed by atoms with E-state index in [0.29, 0.717) is 56.1 Å². The molecule has 188 valence electrons. The van der Waals surface area contributed by atoms with E-state index < -0.39 is 0 Å². The SMILES string of the molecule is CC(=O)N1CCN(c2cc(Cl)nc(-n3ccnc3)n2)C(CC(=O)NCC2COc3ccccc3O2)C1. The number of rotatable bonds is 6. The molecule has 1 aromatic carbocycles. The number of amides is 2. The molecule has 36 heavy (non-hydrogen) atoms. The lowest BCUT2D eigenvalue weighted by atomic mass is 10.1. The van der Waals surface area contributed by atoms with Crippen LogP contribution in [0.5, 0.6) is 11.5 Å². The van der Waals surface area contributed by atoms with Crippen molar-refractivity contribution in [2.24, 2.45) is 0 Å². The Bertz CT molecular complexity index is 1240. The van der Waals surface area contributed by atoms with Gasteiger partial charge in [-0.1, -0.05) is 23.7 Å². The molecule has 0 bridgehead atoms. The molecule has 2 aliphatic heterocycles. The lowest BCUT2D eigenvalue weighted by Crippen LogP contribution is -2.56. The Morgan fingerprint density at radius 1 is 1.19 bits per heavy atom. The number of piperazine rings is 1. The molecule has 0 spiro atoms. The number of hydrogen-bond acceptors (Lipinski definition) is 8. The number of hydrogen-bond donors (Lipinski definition) is 1. The van der Waals surface area contributed by atoms with Gasteiger partial charge in [-0.05, 0) is 12.1 Å². The molecule has 2 aliphatic rings. The van der Waals surface area contributed by atoms with Crippen LogP contribution >= 0.6 is 11.6 Å². The summed E-state index contributed by atoms with van der Waals surface area (Å²) >= 11 is 6.31. The molecule has 4 heterocycles. The van der Waals surface area contributed by atoms with Crippen molar-refractivity contribution in [1.82, 2.24) is 29.7 Å². The number of halogens is 1. The first-order valence-corrected chi connectivity index (χ1v) is 12.0. The zero-order chi connectivity index (χ0) is 25.1. The topological polar surface area (TPSA) is 115 Å². The molecular formula is C24H26ClN7O4. The predicted molar refractivity (Wildman–Crippen MR) is 132 cm³/mol. The van der Waals surface area contributed by atoms with Crippen molar-refractivity contribution >= 4 is 29.2 Å². The summed E-state index contributed by atoms with van der Waals surface area (Å²) in [5, 5.41) is 3.22. The van der Waals surface area contributed by atoms with Crippen molar-refractivity contribution in [3.05, 3.63) is 54.2 Å². The van der Waals surface area contributed by atoms with Crippen LogP contribution in [0.3, 0.4) is 0 Å². The van der Waals surface area contributed by atoms with Crippen molar-refractivity contribution in [3.8, 4) is 17.4 Å². The fourth-order valence-corrected chi connectivity index (χ4v) is 4.50. The molecule has 11 nitrogen and oxygen atoms in total. The fraction of sp³-hybridized carbons (Fsp3) is 0.375. The summed E-state index contributed by atoms with van der Waals surface area (Å²) < 4.78 is 13.3. The van der Waals surface area contributed by atoms with E-state index in [1.807, 2.05) is 29.2 Å². The normalized spacial score (nSPS) is 19.2. The third-order valence-electron chi connectivity index (χ3n) is 6.14. The van der Waals surface area contributed by atoms with Crippen LogP contribution in [0.1, 0.15) is 13.3 Å². The van der Waals surface area contributed by atoms with Gasteiger partial charge in [0.2, 0.25) is 17.8 Å². The first-order chi connectivity index (χ1) is 17.5. The highest BCUT2D eigenvalue weighted by Gasteiger charge is 2.32. The Hall–Kier alpha value is -3.86. The summed E-state index contributed by atoms with van der Waals surface area (Å²) in [6.45, 7) is 3.60. The van der Waals surface area contributed by atoms with Gasteiger partial charge in [0, 0.05) is 51.4 Å². The summed E-state index contributed by atoms with van der Waals surface area (Å²) in [5.74, 6) is 2.12. The van der Waals surface area contributed by atoms with Gasteiger partial charge in [-0.2, -0.15) is 4.98 Å². The number of imidazole rings is 1. The second kappa shape index (κ2) is 10.4. The number of carbonyl (C=O) groups is 2. The number of aromatic nitrogens is 4.